The number of nitrogens with zero attached hydrogens (tertiary/aromatic N) is 5. The van der Waals surface area contributed by atoms with Crippen molar-refractivity contribution in [1.29, 1.82) is 0 Å². The Morgan fingerprint density at radius 1 is 1.24 bits per heavy atom. The average molecular weight is 546 g/mol. The van der Waals surface area contributed by atoms with Crippen LogP contribution in [0, 0.1) is 0 Å². The number of anilines is 1. The summed E-state index contributed by atoms with van der Waals surface area (Å²) in [5, 5.41) is 9.26. The molecule has 12 heteroatoms. The van der Waals surface area contributed by atoms with Crippen molar-refractivity contribution < 1.29 is 13.2 Å². The fourth-order valence-corrected chi connectivity index (χ4v) is 6.23. The molecule has 0 bridgehead atoms. The zero-order chi connectivity index (χ0) is 23.7. The molecule has 2 N–H and O–H groups in total. The number of hydrogen-bond acceptors (Lipinski definition) is 8. The SMILES string of the molecule is COCCNS(=O)(=O)[C@@H]1CC[C@@H](Nc2ncc3c(Br)nn(-c4ccc5ncccc5c4)c3n2)C1. The van der Waals surface area contributed by atoms with Crippen LogP contribution in [-0.2, 0) is 14.8 Å². The number of benzene rings is 1. The summed E-state index contributed by atoms with van der Waals surface area (Å²) >= 11 is 3.51. The maximum Gasteiger partial charge on any atom is 0.224 e. The van der Waals surface area contributed by atoms with Gasteiger partial charge in [0.25, 0.3) is 0 Å². The summed E-state index contributed by atoms with van der Waals surface area (Å²) in [6.45, 7) is 0.620. The number of halogens is 1. The van der Waals surface area contributed by atoms with Crippen molar-refractivity contribution in [2.45, 2.75) is 30.6 Å². The first-order valence-corrected chi connectivity index (χ1v) is 13.3. The standard InChI is InChI=1S/C22H24BrN7O3S/c1-33-10-9-26-34(31,32)17-6-4-15(12-17)27-22-25-13-18-20(23)29-30(21(18)28-22)16-5-7-19-14(11-16)3-2-8-24-19/h2-3,5,7-8,11,13,15,17,26H,4,6,9-10,12H2,1H3,(H,25,27,28)/t15-,17-/m1/s1. The largest absolute Gasteiger partial charge is 0.383 e. The van der Waals surface area contributed by atoms with Crippen LogP contribution in [0.3, 0.4) is 0 Å². The third-order valence-electron chi connectivity index (χ3n) is 5.98. The Morgan fingerprint density at radius 2 is 2.12 bits per heavy atom. The summed E-state index contributed by atoms with van der Waals surface area (Å²) in [5.74, 6) is 0.444. The fraction of sp³-hybridized carbons (Fsp3) is 0.364. The van der Waals surface area contributed by atoms with Gasteiger partial charge in [-0.1, -0.05) is 6.07 Å². The molecule has 34 heavy (non-hydrogen) atoms. The molecule has 0 aliphatic heterocycles. The number of aromatic nitrogens is 5. The van der Waals surface area contributed by atoms with Crippen LogP contribution in [-0.4, -0.2) is 64.7 Å². The highest BCUT2D eigenvalue weighted by Gasteiger charge is 2.34. The maximum absolute atomic E-state index is 12.5. The van der Waals surface area contributed by atoms with Gasteiger partial charge in [0.05, 0.1) is 28.4 Å². The van der Waals surface area contributed by atoms with Gasteiger partial charge < -0.3 is 10.1 Å². The molecule has 0 radical (unpaired) electrons. The third-order valence-corrected chi connectivity index (χ3v) is 8.47. The van der Waals surface area contributed by atoms with Crippen LogP contribution in [0.5, 0.6) is 0 Å². The summed E-state index contributed by atoms with van der Waals surface area (Å²) in [4.78, 5) is 13.5. The van der Waals surface area contributed by atoms with Crippen molar-refractivity contribution in [2.75, 3.05) is 25.6 Å². The lowest BCUT2D eigenvalue weighted by Gasteiger charge is -2.14. The van der Waals surface area contributed by atoms with Crippen molar-refractivity contribution in [2.24, 2.45) is 0 Å². The molecule has 3 aromatic heterocycles. The predicted octanol–water partition coefficient (Wildman–Crippen LogP) is 3.03. The molecule has 1 aromatic carbocycles. The van der Waals surface area contributed by atoms with Crippen LogP contribution in [0.15, 0.2) is 47.3 Å². The van der Waals surface area contributed by atoms with E-state index < -0.39 is 15.3 Å². The van der Waals surface area contributed by atoms with Crippen molar-refractivity contribution in [3.8, 4) is 5.69 Å². The topological polar surface area (TPSA) is 124 Å². The molecule has 178 valence electrons. The smallest absolute Gasteiger partial charge is 0.224 e. The Morgan fingerprint density at radius 3 is 2.97 bits per heavy atom. The first-order valence-electron chi connectivity index (χ1n) is 10.9. The second-order valence-corrected chi connectivity index (χ2v) is 11.0. The van der Waals surface area contributed by atoms with E-state index in [-0.39, 0.29) is 12.6 Å². The van der Waals surface area contributed by atoms with Crippen LogP contribution in [0.1, 0.15) is 19.3 Å². The second kappa shape index (κ2) is 9.53. The fourth-order valence-electron chi connectivity index (χ4n) is 4.25. The number of hydrogen-bond donors (Lipinski definition) is 2. The Hall–Kier alpha value is -2.67. The minimum atomic E-state index is -3.39. The van der Waals surface area contributed by atoms with Gasteiger partial charge in [-0.2, -0.15) is 10.1 Å². The Labute approximate surface area is 205 Å². The lowest BCUT2D eigenvalue weighted by molar-refractivity contribution is 0.204. The predicted molar refractivity (Wildman–Crippen MR) is 134 cm³/mol. The Kier molecular flexibility index (Phi) is 6.47. The molecule has 0 unspecified atom stereocenters. The van der Waals surface area contributed by atoms with Gasteiger partial charge in [-0.25, -0.2) is 22.8 Å². The molecule has 0 spiro atoms. The summed E-state index contributed by atoms with van der Waals surface area (Å²) < 4.78 is 35.0. The van der Waals surface area contributed by atoms with Gasteiger partial charge in [-0.05, 0) is 59.5 Å². The molecule has 0 saturated heterocycles. The van der Waals surface area contributed by atoms with Crippen molar-refractivity contribution in [3.05, 3.63) is 47.3 Å². The molecule has 1 aliphatic carbocycles. The van der Waals surface area contributed by atoms with Gasteiger partial charge in [0.15, 0.2) is 5.65 Å². The molecule has 1 saturated carbocycles. The summed E-state index contributed by atoms with van der Waals surface area (Å²) in [6.07, 6.45) is 5.27. The number of methoxy groups -OCH3 is 1. The number of sulfonamides is 1. The molecular formula is C22H24BrN7O3S. The number of ether oxygens (including phenoxy) is 1. The molecular weight excluding hydrogens is 522 g/mol. The van der Waals surface area contributed by atoms with Gasteiger partial charge in [0.2, 0.25) is 16.0 Å². The molecule has 0 amide bonds. The quantitative estimate of drug-likeness (QED) is 0.324. The van der Waals surface area contributed by atoms with Crippen molar-refractivity contribution in [1.82, 2.24) is 29.5 Å². The molecule has 3 heterocycles. The van der Waals surface area contributed by atoms with Crippen LogP contribution in [0.25, 0.3) is 27.6 Å². The highest BCUT2D eigenvalue weighted by atomic mass is 79.9. The normalized spacial score (nSPS) is 18.6. The van der Waals surface area contributed by atoms with Gasteiger partial charge in [-0.3, -0.25) is 4.98 Å². The minimum absolute atomic E-state index is 0.0343. The molecule has 1 aliphatic rings. The highest BCUT2D eigenvalue weighted by Crippen LogP contribution is 2.29. The van der Waals surface area contributed by atoms with Crippen LogP contribution in [0.4, 0.5) is 5.95 Å². The highest BCUT2D eigenvalue weighted by molar-refractivity contribution is 9.10. The number of pyridine rings is 1. The third kappa shape index (κ3) is 4.63. The minimum Gasteiger partial charge on any atom is -0.383 e. The van der Waals surface area contributed by atoms with E-state index in [0.29, 0.717) is 35.6 Å². The molecule has 2 atom stereocenters. The van der Waals surface area contributed by atoms with E-state index in [0.717, 1.165) is 28.4 Å². The van der Waals surface area contributed by atoms with Gasteiger partial charge in [0, 0.05) is 37.5 Å². The van der Waals surface area contributed by atoms with E-state index in [2.05, 4.69) is 41.0 Å². The number of rotatable bonds is 8. The lowest BCUT2D eigenvalue weighted by Crippen LogP contribution is -2.35. The monoisotopic (exact) mass is 545 g/mol. The van der Waals surface area contributed by atoms with Gasteiger partial charge in [0.1, 0.15) is 4.60 Å². The Balaban J connectivity index is 1.37. The number of fused-ring (bicyclic) bond motifs is 2. The summed E-state index contributed by atoms with van der Waals surface area (Å²) in [5.41, 5.74) is 2.41. The molecule has 10 nitrogen and oxygen atoms in total. The first kappa shape index (κ1) is 23.1. The van der Waals surface area contributed by atoms with Crippen LogP contribution >= 0.6 is 15.9 Å². The summed E-state index contributed by atoms with van der Waals surface area (Å²) in [7, 11) is -1.84. The number of nitrogens with one attached hydrogen (secondary N) is 2. The zero-order valence-electron chi connectivity index (χ0n) is 18.5. The van der Waals surface area contributed by atoms with Crippen LogP contribution in [0.2, 0.25) is 0 Å². The lowest BCUT2D eigenvalue weighted by atomic mass is 10.2. The Bertz CT molecular complexity index is 1440. The molecule has 4 aromatic rings. The van der Waals surface area contributed by atoms with E-state index in [1.165, 1.54) is 0 Å². The maximum atomic E-state index is 12.5. The van der Waals surface area contributed by atoms with Crippen LogP contribution < -0.4 is 10.0 Å². The first-order chi connectivity index (χ1) is 16.4. The van der Waals surface area contributed by atoms with E-state index in [1.807, 2.05) is 30.3 Å². The van der Waals surface area contributed by atoms with Crippen molar-refractivity contribution in [3.63, 3.8) is 0 Å². The summed E-state index contributed by atoms with van der Waals surface area (Å²) in [6, 6.07) is 9.78. The van der Waals surface area contributed by atoms with E-state index >= 15 is 0 Å². The van der Waals surface area contributed by atoms with E-state index in [1.54, 1.807) is 24.2 Å². The van der Waals surface area contributed by atoms with Gasteiger partial charge in [-0.15, -0.1) is 0 Å². The molecule has 1 fully saturated rings. The molecule has 5 rings (SSSR count). The zero-order valence-corrected chi connectivity index (χ0v) is 20.9. The van der Waals surface area contributed by atoms with E-state index in [4.69, 9.17) is 9.72 Å². The van der Waals surface area contributed by atoms with Gasteiger partial charge >= 0.3 is 0 Å². The van der Waals surface area contributed by atoms with E-state index in [9.17, 15) is 8.42 Å². The van der Waals surface area contributed by atoms with Crippen molar-refractivity contribution >= 4 is 53.8 Å². The second-order valence-electron chi connectivity index (χ2n) is 8.22. The average Bonchev–Trinajstić information content (AvgIpc) is 3.44.